The van der Waals surface area contributed by atoms with Crippen molar-refractivity contribution < 1.29 is 4.74 Å². The van der Waals surface area contributed by atoms with Gasteiger partial charge < -0.3 is 15.0 Å². The van der Waals surface area contributed by atoms with Crippen molar-refractivity contribution >= 4 is 0 Å². The molecule has 0 aromatic rings. The molecule has 0 aliphatic carbocycles. The van der Waals surface area contributed by atoms with E-state index in [1.54, 1.807) is 0 Å². The minimum absolute atomic E-state index is 0.801. The predicted molar refractivity (Wildman–Crippen MR) is 57.4 cm³/mol. The Hall–Kier alpha value is -0.120. The second-order valence-corrected chi connectivity index (χ2v) is 4.64. The van der Waals surface area contributed by atoms with Gasteiger partial charge in [-0.3, -0.25) is 0 Å². The molecule has 0 radical (unpaired) electrons. The monoisotopic (exact) mass is 198 g/mol. The van der Waals surface area contributed by atoms with Crippen LogP contribution in [-0.4, -0.2) is 50.8 Å². The number of nitrogens with one attached hydrogen (secondary N) is 1. The maximum Gasteiger partial charge on any atom is 0.0468 e. The molecule has 3 nitrogen and oxygen atoms in total. The summed E-state index contributed by atoms with van der Waals surface area (Å²) in [5.41, 5.74) is 0. The van der Waals surface area contributed by atoms with Crippen LogP contribution in [0.25, 0.3) is 0 Å². The maximum absolute atomic E-state index is 5.36. The first-order chi connectivity index (χ1) is 6.86. The fourth-order valence-corrected chi connectivity index (χ4v) is 2.19. The SMILES string of the molecule is CN(CCC1CCOCC1)C1CNC1. The van der Waals surface area contributed by atoms with Gasteiger partial charge in [0.2, 0.25) is 0 Å². The predicted octanol–water partition coefficient (Wildman–Crippen LogP) is 0.707. The average molecular weight is 198 g/mol. The number of hydrogen-bond donors (Lipinski definition) is 1. The van der Waals surface area contributed by atoms with Crippen LogP contribution in [0, 0.1) is 5.92 Å². The highest BCUT2D eigenvalue weighted by atomic mass is 16.5. The summed E-state index contributed by atoms with van der Waals surface area (Å²) in [6.45, 7) is 5.60. The van der Waals surface area contributed by atoms with E-state index >= 15 is 0 Å². The highest BCUT2D eigenvalue weighted by Crippen LogP contribution is 2.19. The number of likely N-dealkylation sites (N-methyl/N-ethyl adjacent to an activating group) is 1. The van der Waals surface area contributed by atoms with Gasteiger partial charge in [-0.15, -0.1) is 0 Å². The lowest BCUT2D eigenvalue weighted by Crippen LogP contribution is -2.56. The molecule has 2 fully saturated rings. The minimum Gasteiger partial charge on any atom is -0.381 e. The van der Waals surface area contributed by atoms with E-state index in [0.29, 0.717) is 0 Å². The Kier molecular flexibility index (Phi) is 3.79. The van der Waals surface area contributed by atoms with Crippen LogP contribution in [0.4, 0.5) is 0 Å². The summed E-state index contributed by atoms with van der Waals surface area (Å²) in [6.07, 6.45) is 3.91. The van der Waals surface area contributed by atoms with Gasteiger partial charge in [0.25, 0.3) is 0 Å². The molecular weight excluding hydrogens is 176 g/mol. The first kappa shape index (κ1) is 10.4. The molecule has 82 valence electrons. The second kappa shape index (κ2) is 5.10. The number of hydrogen-bond acceptors (Lipinski definition) is 3. The molecule has 0 saturated carbocycles. The van der Waals surface area contributed by atoms with E-state index in [0.717, 1.165) is 25.2 Å². The van der Waals surface area contributed by atoms with Gasteiger partial charge in [0.1, 0.15) is 0 Å². The zero-order chi connectivity index (χ0) is 9.80. The number of ether oxygens (including phenoxy) is 1. The minimum atomic E-state index is 0.801. The first-order valence-electron chi connectivity index (χ1n) is 5.85. The van der Waals surface area contributed by atoms with Gasteiger partial charge in [0.05, 0.1) is 0 Å². The molecule has 14 heavy (non-hydrogen) atoms. The molecule has 0 unspecified atom stereocenters. The van der Waals surface area contributed by atoms with Crippen molar-refractivity contribution in [1.29, 1.82) is 0 Å². The Bertz CT molecular complexity index is 163. The van der Waals surface area contributed by atoms with E-state index in [2.05, 4.69) is 17.3 Å². The first-order valence-corrected chi connectivity index (χ1v) is 5.85. The van der Waals surface area contributed by atoms with Gasteiger partial charge in [-0.25, -0.2) is 0 Å². The Balaban J connectivity index is 1.60. The summed E-state index contributed by atoms with van der Waals surface area (Å²) in [4.78, 5) is 2.51. The van der Waals surface area contributed by atoms with Crippen LogP contribution < -0.4 is 5.32 Å². The third-order valence-electron chi connectivity index (χ3n) is 3.61. The number of nitrogens with zero attached hydrogens (tertiary/aromatic N) is 1. The van der Waals surface area contributed by atoms with Crippen LogP contribution in [0.2, 0.25) is 0 Å². The standard InChI is InChI=1S/C11H22N2O/c1-13(11-8-12-9-11)5-2-10-3-6-14-7-4-10/h10-12H,2-9H2,1H3. The zero-order valence-electron chi connectivity index (χ0n) is 9.17. The van der Waals surface area contributed by atoms with Crippen molar-refractivity contribution in [1.82, 2.24) is 10.2 Å². The highest BCUT2D eigenvalue weighted by molar-refractivity contribution is 4.83. The van der Waals surface area contributed by atoms with Crippen molar-refractivity contribution in [2.24, 2.45) is 5.92 Å². The molecule has 1 N–H and O–H groups in total. The highest BCUT2D eigenvalue weighted by Gasteiger charge is 2.22. The Labute approximate surface area is 86.8 Å². The van der Waals surface area contributed by atoms with Gasteiger partial charge in [-0.2, -0.15) is 0 Å². The lowest BCUT2D eigenvalue weighted by Gasteiger charge is -2.36. The van der Waals surface area contributed by atoms with Crippen LogP contribution in [0.15, 0.2) is 0 Å². The molecule has 0 bridgehead atoms. The quantitative estimate of drug-likeness (QED) is 0.720. The van der Waals surface area contributed by atoms with E-state index in [4.69, 9.17) is 4.74 Å². The molecule has 2 aliphatic heterocycles. The van der Waals surface area contributed by atoms with Crippen molar-refractivity contribution in [3.8, 4) is 0 Å². The molecule has 0 atom stereocenters. The normalized spacial score (nSPS) is 25.3. The topological polar surface area (TPSA) is 24.5 Å². The summed E-state index contributed by atoms with van der Waals surface area (Å²) in [7, 11) is 2.25. The maximum atomic E-state index is 5.36. The fraction of sp³-hybridized carbons (Fsp3) is 1.00. The number of rotatable bonds is 4. The molecule has 2 aliphatic rings. The van der Waals surface area contributed by atoms with Gasteiger partial charge in [-0.05, 0) is 38.8 Å². The summed E-state index contributed by atoms with van der Waals surface area (Å²) in [5, 5.41) is 3.32. The zero-order valence-corrected chi connectivity index (χ0v) is 9.17. The fourth-order valence-electron chi connectivity index (χ4n) is 2.19. The molecule has 2 saturated heterocycles. The van der Waals surface area contributed by atoms with Gasteiger partial charge >= 0.3 is 0 Å². The van der Waals surface area contributed by atoms with E-state index in [-0.39, 0.29) is 0 Å². The van der Waals surface area contributed by atoms with Crippen LogP contribution >= 0.6 is 0 Å². The molecule has 3 heteroatoms. The Morgan fingerprint density at radius 1 is 1.29 bits per heavy atom. The molecular formula is C11H22N2O. The van der Waals surface area contributed by atoms with E-state index < -0.39 is 0 Å². The smallest absolute Gasteiger partial charge is 0.0468 e. The lowest BCUT2D eigenvalue weighted by atomic mass is 9.96. The van der Waals surface area contributed by atoms with Crippen LogP contribution in [0.3, 0.4) is 0 Å². The van der Waals surface area contributed by atoms with E-state index in [9.17, 15) is 0 Å². The van der Waals surface area contributed by atoms with Crippen LogP contribution in [0.1, 0.15) is 19.3 Å². The summed E-state index contributed by atoms with van der Waals surface area (Å²) >= 11 is 0. The van der Waals surface area contributed by atoms with Crippen molar-refractivity contribution in [3.05, 3.63) is 0 Å². The lowest BCUT2D eigenvalue weighted by molar-refractivity contribution is 0.0578. The Morgan fingerprint density at radius 2 is 2.00 bits per heavy atom. The molecule has 2 rings (SSSR count). The van der Waals surface area contributed by atoms with E-state index in [1.807, 2.05) is 0 Å². The van der Waals surface area contributed by atoms with Crippen molar-refractivity contribution in [2.75, 3.05) is 39.9 Å². The second-order valence-electron chi connectivity index (χ2n) is 4.64. The molecule has 0 amide bonds. The third-order valence-corrected chi connectivity index (χ3v) is 3.61. The molecule has 0 aromatic carbocycles. The summed E-state index contributed by atoms with van der Waals surface area (Å²) < 4.78 is 5.36. The van der Waals surface area contributed by atoms with Gasteiger partial charge in [0.15, 0.2) is 0 Å². The molecule has 0 spiro atoms. The molecule has 2 heterocycles. The van der Waals surface area contributed by atoms with E-state index in [1.165, 1.54) is 38.9 Å². The van der Waals surface area contributed by atoms with Crippen molar-refractivity contribution in [3.63, 3.8) is 0 Å². The van der Waals surface area contributed by atoms with Crippen LogP contribution in [0.5, 0.6) is 0 Å². The van der Waals surface area contributed by atoms with Gasteiger partial charge in [-0.1, -0.05) is 0 Å². The Morgan fingerprint density at radius 3 is 2.57 bits per heavy atom. The molecule has 0 aromatic heterocycles. The third kappa shape index (κ3) is 2.69. The largest absolute Gasteiger partial charge is 0.381 e. The van der Waals surface area contributed by atoms with Crippen molar-refractivity contribution in [2.45, 2.75) is 25.3 Å². The van der Waals surface area contributed by atoms with Gasteiger partial charge in [0, 0.05) is 32.3 Å². The summed E-state index contributed by atoms with van der Waals surface area (Å²) in [5.74, 6) is 0.916. The van der Waals surface area contributed by atoms with Crippen LogP contribution in [-0.2, 0) is 4.74 Å². The average Bonchev–Trinajstić information content (AvgIpc) is 2.14. The summed E-state index contributed by atoms with van der Waals surface area (Å²) in [6, 6.07) is 0.801.